The van der Waals surface area contributed by atoms with Crippen molar-refractivity contribution in [1.82, 2.24) is 10.6 Å². The van der Waals surface area contributed by atoms with Crippen LogP contribution in [0.15, 0.2) is 41.4 Å². The first-order valence-corrected chi connectivity index (χ1v) is 7.95. The van der Waals surface area contributed by atoms with Crippen molar-refractivity contribution >= 4 is 29.9 Å². The lowest BCUT2D eigenvalue weighted by atomic mass is 10.1. The molecule has 0 unspecified atom stereocenters. The summed E-state index contributed by atoms with van der Waals surface area (Å²) in [6.07, 6.45) is 0. The molecule has 0 aliphatic heterocycles. The van der Waals surface area contributed by atoms with Crippen molar-refractivity contribution in [2.45, 2.75) is 13.1 Å². The highest BCUT2D eigenvalue weighted by Crippen LogP contribution is 2.24. The Kier molecular flexibility index (Phi) is 9.36. The van der Waals surface area contributed by atoms with Gasteiger partial charge in [0.1, 0.15) is 17.3 Å². The van der Waals surface area contributed by atoms with Crippen molar-refractivity contribution in [2.24, 2.45) is 4.99 Å². The molecule has 0 aromatic heterocycles. The number of hydrogen-bond acceptors (Lipinski definition) is 4. The molecule has 2 N–H and O–H groups in total. The van der Waals surface area contributed by atoms with Gasteiger partial charge in [0.25, 0.3) is 0 Å². The van der Waals surface area contributed by atoms with Crippen LogP contribution in [0.4, 0.5) is 4.39 Å². The fourth-order valence-electron chi connectivity index (χ4n) is 2.34. The second kappa shape index (κ2) is 11.2. The van der Waals surface area contributed by atoms with Crippen LogP contribution in [-0.4, -0.2) is 27.2 Å². The number of nitrogens with one attached hydrogen (secondary N) is 2. The van der Waals surface area contributed by atoms with Gasteiger partial charge >= 0.3 is 0 Å². The molecule has 0 aliphatic carbocycles. The van der Waals surface area contributed by atoms with Gasteiger partial charge in [-0.2, -0.15) is 5.26 Å². The molecule has 0 radical (unpaired) electrons. The van der Waals surface area contributed by atoms with Gasteiger partial charge in [-0.3, -0.25) is 4.99 Å². The SMILES string of the molecule is CN=C(NCc1ccc(C#N)cc1F)NCc1ccc(OC)cc1OC.I. The van der Waals surface area contributed by atoms with Crippen molar-refractivity contribution in [3.8, 4) is 17.6 Å². The van der Waals surface area contributed by atoms with Gasteiger partial charge in [-0.15, -0.1) is 24.0 Å². The number of guanidine groups is 1. The van der Waals surface area contributed by atoms with E-state index in [1.54, 1.807) is 39.5 Å². The molecule has 0 heterocycles. The highest BCUT2D eigenvalue weighted by Gasteiger charge is 2.08. The average molecular weight is 484 g/mol. The first-order valence-electron chi connectivity index (χ1n) is 7.95. The van der Waals surface area contributed by atoms with Gasteiger partial charge in [-0.1, -0.05) is 6.07 Å². The van der Waals surface area contributed by atoms with Crippen molar-refractivity contribution in [2.75, 3.05) is 21.3 Å². The largest absolute Gasteiger partial charge is 0.497 e. The zero-order valence-corrected chi connectivity index (χ0v) is 17.7. The summed E-state index contributed by atoms with van der Waals surface area (Å²) in [5.41, 5.74) is 1.68. The van der Waals surface area contributed by atoms with E-state index in [2.05, 4.69) is 15.6 Å². The summed E-state index contributed by atoms with van der Waals surface area (Å²) in [5.74, 6) is 1.50. The third-order valence-corrected chi connectivity index (χ3v) is 3.79. The molecule has 0 aliphatic rings. The van der Waals surface area contributed by atoms with E-state index in [1.807, 2.05) is 18.2 Å². The molecular formula is C19H22FIN4O2. The van der Waals surface area contributed by atoms with Crippen LogP contribution in [0.2, 0.25) is 0 Å². The minimum Gasteiger partial charge on any atom is -0.497 e. The van der Waals surface area contributed by atoms with Crippen LogP contribution in [-0.2, 0) is 13.1 Å². The topological polar surface area (TPSA) is 78.7 Å². The number of halogens is 2. The predicted molar refractivity (Wildman–Crippen MR) is 113 cm³/mol. The summed E-state index contributed by atoms with van der Waals surface area (Å²) in [6, 6.07) is 11.8. The Balaban J connectivity index is 0.00000364. The summed E-state index contributed by atoms with van der Waals surface area (Å²) < 4.78 is 24.5. The predicted octanol–water partition coefficient (Wildman–Crippen LogP) is 3.20. The molecule has 0 saturated heterocycles. The fourth-order valence-corrected chi connectivity index (χ4v) is 2.34. The van der Waals surface area contributed by atoms with Crippen LogP contribution in [0.3, 0.4) is 0 Å². The third-order valence-electron chi connectivity index (χ3n) is 3.79. The molecule has 0 amide bonds. The van der Waals surface area contributed by atoms with E-state index >= 15 is 0 Å². The Labute approximate surface area is 175 Å². The van der Waals surface area contributed by atoms with Gasteiger partial charge < -0.3 is 20.1 Å². The molecule has 27 heavy (non-hydrogen) atoms. The number of methoxy groups -OCH3 is 2. The number of nitriles is 1. The average Bonchev–Trinajstić information content (AvgIpc) is 2.68. The maximum absolute atomic E-state index is 13.9. The van der Waals surface area contributed by atoms with E-state index in [4.69, 9.17) is 14.7 Å². The first-order chi connectivity index (χ1) is 12.6. The normalized spacial score (nSPS) is 10.4. The number of benzene rings is 2. The molecule has 2 rings (SSSR count). The number of hydrogen-bond donors (Lipinski definition) is 2. The second-order valence-electron chi connectivity index (χ2n) is 5.38. The van der Waals surface area contributed by atoms with Gasteiger partial charge in [0, 0.05) is 37.3 Å². The lowest BCUT2D eigenvalue weighted by molar-refractivity contribution is 0.390. The molecule has 2 aromatic rings. The summed E-state index contributed by atoms with van der Waals surface area (Å²) in [4.78, 5) is 4.12. The van der Waals surface area contributed by atoms with Crippen molar-refractivity contribution < 1.29 is 13.9 Å². The molecule has 144 valence electrons. The first kappa shape index (κ1) is 22.5. The van der Waals surface area contributed by atoms with Gasteiger partial charge in [0.05, 0.1) is 25.9 Å². The fraction of sp³-hybridized carbons (Fsp3) is 0.263. The van der Waals surface area contributed by atoms with E-state index in [9.17, 15) is 4.39 Å². The highest BCUT2D eigenvalue weighted by atomic mass is 127. The van der Waals surface area contributed by atoms with Gasteiger partial charge in [-0.25, -0.2) is 4.39 Å². The van der Waals surface area contributed by atoms with Gasteiger partial charge in [-0.05, 0) is 24.3 Å². The van der Waals surface area contributed by atoms with E-state index < -0.39 is 5.82 Å². The molecule has 6 nitrogen and oxygen atoms in total. The Morgan fingerprint density at radius 3 is 2.30 bits per heavy atom. The molecular weight excluding hydrogens is 462 g/mol. The van der Waals surface area contributed by atoms with E-state index in [-0.39, 0.29) is 30.5 Å². The number of rotatable bonds is 6. The quantitative estimate of drug-likeness (QED) is 0.374. The zero-order chi connectivity index (χ0) is 18.9. The standard InChI is InChI=1S/C19H21FN4O2.HI/c1-22-19(23-11-14-5-4-13(10-21)8-17(14)20)24-12-15-6-7-16(25-2)9-18(15)26-3;/h4-9H,11-12H2,1-3H3,(H2,22,23,24);1H. The van der Waals surface area contributed by atoms with Crippen LogP contribution in [0.1, 0.15) is 16.7 Å². The third kappa shape index (κ3) is 6.29. The van der Waals surface area contributed by atoms with Crippen LogP contribution in [0.25, 0.3) is 0 Å². The number of aliphatic imine (C=N–C) groups is 1. The van der Waals surface area contributed by atoms with Crippen molar-refractivity contribution in [3.05, 3.63) is 58.9 Å². The summed E-state index contributed by atoms with van der Waals surface area (Å²) in [6.45, 7) is 0.722. The molecule has 0 spiro atoms. The van der Waals surface area contributed by atoms with Crippen molar-refractivity contribution in [1.29, 1.82) is 5.26 Å². The Morgan fingerprint density at radius 1 is 1.07 bits per heavy atom. The minimum absolute atomic E-state index is 0. The molecule has 0 bridgehead atoms. The molecule has 8 heteroatoms. The lowest BCUT2D eigenvalue weighted by Gasteiger charge is -2.15. The van der Waals surface area contributed by atoms with E-state index in [0.717, 1.165) is 5.56 Å². The lowest BCUT2D eigenvalue weighted by Crippen LogP contribution is -2.36. The second-order valence-corrected chi connectivity index (χ2v) is 5.38. The van der Waals surface area contributed by atoms with Crippen LogP contribution >= 0.6 is 24.0 Å². The maximum atomic E-state index is 13.9. The van der Waals surface area contributed by atoms with E-state index in [0.29, 0.717) is 35.1 Å². The minimum atomic E-state index is -0.427. The number of nitrogens with zero attached hydrogens (tertiary/aromatic N) is 2. The Hall–Kier alpha value is -2.54. The molecule has 0 saturated carbocycles. The van der Waals surface area contributed by atoms with Crippen LogP contribution in [0.5, 0.6) is 11.5 Å². The van der Waals surface area contributed by atoms with E-state index in [1.165, 1.54) is 6.07 Å². The van der Waals surface area contributed by atoms with Crippen molar-refractivity contribution in [3.63, 3.8) is 0 Å². The molecule has 0 atom stereocenters. The smallest absolute Gasteiger partial charge is 0.191 e. The molecule has 0 fully saturated rings. The maximum Gasteiger partial charge on any atom is 0.191 e. The number of ether oxygens (including phenoxy) is 2. The monoisotopic (exact) mass is 484 g/mol. The molecule has 2 aromatic carbocycles. The van der Waals surface area contributed by atoms with Crippen LogP contribution < -0.4 is 20.1 Å². The summed E-state index contributed by atoms with van der Waals surface area (Å²) in [7, 11) is 4.83. The summed E-state index contributed by atoms with van der Waals surface area (Å²) in [5, 5.41) is 15.0. The van der Waals surface area contributed by atoms with Gasteiger partial charge in [0.15, 0.2) is 5.96 Å². The van der Waals surface area contributed by atoms with Gasteiger partial charge in [0.2, 0.25) is 0 Å². The summed E-state index contributed by atoms with van der Waals surface area (Å²) >= 11 is 0. The van der Waals surface area contributed by atoms with Crippen LogP contribution in [0, 0.1) is 17.1 Å². The zero-order valence-electron chi connectivity index (χ0n) is 15.4. The Morgan fingerprint density at radius 2 is 1.74 bits per heavy atom. The Bertz CT molecular complexity index is 837. The highest BCUT2D eigenvalue weighted by molar-refractivity contribution is 14.0.